The van der Waals surface area contributed by atoms with Gasteiger partial charge in [0, 0.05) is 57.9 Å². The van der Waals surface area contributed by atoms with E-state index in [1.165, 1.54) is 23.1 Å². The van der Waals surface area contributed by atoms with Crippen molar-refractivity contribution in [3.63, 3.8) is 0 Å². The molecule has 6 heteroatoms. The molecule has 3 aliphatic heterocycles. The quantitative estimate of drug-likeness (QED) is 0.448. The SMILES string of the molecule is COCc1c(C=O)ccc(CCN2CCN3CC(c4ccc5c(c4)CC(C)OC5=O)CC3C2)c1C. The molecule has 3 unspecified atom stereocenters. The molecule has 186 valence electrons. The number of carbonyl (C=O) groups is 2. The van der Waals surface area contributed by atoms with Gasteiger partial charge in [-0.05, 0) is 66.5 Å². The summed E-state index contributed by atoms with van der Waals surface area (Å²) in [6, 6.07) is 11.0. The molecule has 2 aromatic carbocycles. The van der Waals surface area contributed by atoms with Crippen molar-refractivity contribution in [3.8, 4) is 0 Å². The van der Waals surface area contributed by atoms with Gasteiger partial charge in [0.25, 0.3) is 0 Å². The zero-order valence-electron chi connectivity index (χ0n) is 21.1. The predicted molar refractivity (Wildman–Crippen MR) is 135 cm³/mol. The molecular weight excluding hydrogens is 440 g/mol. The lowest BCUT2D eigenvalue weighted by atomic mass is 9.90. The number of fused-ring (bicyclic) bond motifs is 2. The number of cyclic esters (lactones) is 1. The van der Waals surface area contributed by atoms with Gasteiger partial charge in [-0.25, -0.2) is 4.79 Å². The summed E-state index contributed by atoms with van der Waals surface area (Å²) in [6.07, 6.45) is 3.84. The van der Waals surface area contributed by atoms with Crippen LogP contribution in [0.2, 0.25) is 0 Å². The first-order valence-electron chi connectivity index (χ1n) is 12.8. The highest BCUT2D eigenvalue weighted by molar-refractivity contribution is 5.92. The van der Waals surface area contributed by atoms with Crippen molar-refractivity contribution in [2.45, 2.75) is 57.8 Å². The molecule has 0 spiro atoms. The standard InChI is InChI=1S/C29H36N2O4/c1-19-12-24-13-22(6-7-27(24)29(33)35-19)25-14-26-16-30(10-11-31(26)15-25)9-8-21-4-5-23(17-32)28(18-34-3)20(21)2/h4-7,13,17,19,25-26H,8-12,14-16,18H2,1-3H3. The van der Waals surface area contributed by atoms with Gasteiger partial charge in [-0.15, -0.1) is 0 Å². The fourth-order valence-corrected chi connectivity index (χ4v) is 6.21. The molecule has 0 amide bonds. The normalized spacial score (nSPS) is 24.7. The highest BCUT2D eigenvalue weighted by atomic mass is 16.5. The van der Waals surface area contributed by atoms with E-state index < -0.39 is 0 Å². The third-order valence-corrected chi connectivity index (χ3v) is 8.20. The van der Waals surface area contributed by atoms with E-state index in [2.05, 4.69) is 34.9 Å². The molecule has 0 aromatic heterocycles. The summed E-state index contributed by atoms with van der Waals surface area (Å²) in [7, 11) is 1.67. The Kier molecular flexibility index (Phi) is 7.05. The summed E-state index contributed by atoms with van der Waals surface area (Å²) >= 11 is 0. The number of aldehydes is 1. The molecule has 6 nitrogen and oxygen atoms in total. The van der Waals surface area contributed by atoms with Crippen LogP contribution in [-0.4, -0.2) is 74.0 Å². The number of benzene rings is 2. The molecule has 0 N–H and O–H groups in total. The molecule has 2 fully saturated rings. The Hall–Kier alpha value is -2.54. The molecule has 2 aromatic rings. The second-order valence-corrected chi connectivity index (χ2v) is 10.4. The molecule has 35 heavy (non-hydrogen) atoms. The molecule has 0 radical (unpaired) electrons. The monoisotopic (exact) mass is 476 g/mol. The molecule has 3 aliphatic rings. The van der Waals surface area contributed by atoms with Crippen molar-refractivity contribution >= 4 is 12.3 Å². The molecule has 5 rings (SSSR count). The van der Waals surface area contributed by atoms with Crippen LogP contribution in [0.1, 0.15) is 67.8 Å². The van der Waals surface area contributed by atoms with Gasteiger partial charge in [0.2, 0.25) is 0 Å². The van der Waals surface area contributed by atoms with E-state index in [1.807, 2.05) is 19.1 Å². The van der Waals surface area contributed by atoms with Crippen molar-refractivity contribution < 1.29 is 19.1 Å². The number of esters is 1. The van der Waals surface area contributed by atoms with Gasteiger partial charge in [0.05, 0.1) is 12.2 Å². The van der Waals surface area contributed by atoms with E-state index in [-0.39, 0.29) is 12.1 Å². The number of hydrogen-bond acceptors (Lipinski definition) is 6. The van der Waals surface area contributed by atoms with E-state index in [1.54, 1.807) is 7.11 Å². The van der Waals surface area contributed by atoms with E-state index in [9.17, 15) is 9.59 Å². The van der Waals surface area contributed by atoms with Crippen LogP contribution in [0.4, 0.5) is 0 Å². The minimum atomic E-state index is -0.185. The van der Waals surface area contributed by atoms with Crippen molar-refractivity contribution in [1.29, 1.82) is 0 Å². The third-order valence-electron chi connectivity index (χ3n) is 8.20. The van der Waals surface area contributed by atoms with Crippen molar-refractivity contribution in [3.05, 3.63) is 69.3 Å². The second-order valence-electron chi connectivity index (χ2n) is 10.4. The van der Waals surface area contributed by atoms with E-state index in [4.69, 9.17) is 9.47 Å². The van der Waals surface area contributed by atoms with Crippen LogP contribution in [-0.2, 0) is 28.9 Å². The molecule has 3 heterocycles. The Labute approximate surface area is 208 Å². The molecule has 2 saturated heterocycles. The maximum Gasteiger partial charge on any atom is 0.338 e. The number of ether oxygens (including phenoxy) is 2. The molecule has 0 saturated carbocycles. The third kappa shape index (κ3) is 4.92. The Morgan fingerprint density at radius 2 is 2.03 bits per heavy atom. The van der Waals surface area contributed by atoms with Gasteiger partial charge >= 0.3 is 5.97 Å². The van der Waals surface area contributed by atoms with Crippen LogP contribution in [0.15, 0.2) is 30.3 Å². The smallest absolute Gasteiger partial charge is 0.338 e. The van der Waals surface area contributed by atoms with Gasteiger partial charge in [-0.2, -0.15) is 0 Å². The largest absolute Gasteiger partial charge is 0.459 e. The van der Waals surface area contributed by atoms with E-state index >= 15 is 0 Å². The topological polar surface area (TPSA) is 59.1 Å². The summed E-state index contributed by atoms with van der Waals surface area (Å²) < 4.78 is 10.7. The van der Waals surface area contributed by atoms with E-state index in [0.717, 1.165) is 74.1 Å². The fourth-order valence-electron chi connectivity index (χ4n) is 6.21. The predicted octanol–water partition coefficient (Wildman–Crippen LogP) is 3.77. The zero-order chi connectivity index (χ0) is 24.5. The number of nitrogens with zero attached hydrogens (tertiary/aromatic N) is 2. The average molecular weight is 477 g/mol. The lowest BCUT2D eigenvalue weighted by molar-refractivity contribution is 0.0301. The Morgan fingerprint density at radius 1 is 1.17 bits per heavy atom. The minimum Gasteiger partial charge on any atom is -0.459 e. The maximum absolute atomic E-state index is 12.2. The van der Waals surface area contributed by atoms with Crippen LogP contribution >= 0.6 is 0 Å². The highest BCUT2D eigenvalue weighted by Gasteiger charge is 2.37. The van der Waals surface area contributed by atoms with Gasteiger partial charge in [-0.1, -0.05) is 24.3 Å². The lowest BCUT2D eigenvalue weighted by Crippen LogP contribution is -2.50. The lowest BCUT2D eigenvalue weighted by Gasteiger charge is -2.37. The van der Waals surface area contributed by atoms with Crippen LogP contribution in [0.3, 0.4) is 0 Å². The number of piperazine rings is 1. The van der Waals surface area contributed by atoms with Crippen LogP contribution in [0.5, 0.6) is 0 Å². The molecule has 0 aliphatic carbocycles. The second kappa shape index (κ2) is 10.2. The summed E-state index contributed by atoms with van der Waals surface area (Å²) in [5.41, 5.74) is 7.46. The minimum absolute atomic E-state index is 0.0439. The summed E-state index contributed by atoms with van der Waals surface area (Å²) in [5, 5.41) is 0. The zero-order valence-corrected chi connectivity index (χ0v) is 21.1. The summed E-state index contributed by atoms with van der Waals surface area (Å²) in [6.45, 7) is 9.97. The summed E-state index contributed by atoms with van der Waals surface area (Å²) in [4.78, 5) is 28.8. The van der Waals surface area contributed by atoms with Gasteiger partial charge < -0.3 is 14.4 Å². The highest BCUT2D eigenvalue weighted by Crippen LogP contribution is 2.35. The number of hydrogen-bond donors (Lipinski definition) is 0. The van der Waals surface area contributed by atoms with Crippen molar-refractivity contribution in [1.82, 2.24) is 9.80 Å². The Balaban J connectivity index is 1.21. The number of rotatable bonds is 7. The number of carbonyl (C=O) groups excluding carboxylic acids is 2. The van der Waals surface area contributed by atoms with Crippen LogP contribution in [0, 0.1) is 6.92 Å². The molecule has 0 bridgehead atoms. The maximum atomic E-state index is 12.2. The Morgan fingerprint density at radius 3 is 2.83 bits per heavy atom. The average Bonchev–Trinajstić information content (AvgIpc) is 3.27. The van der Waals surface area contributed by atoms with Crippen molar-refractivity contribution in [2.75, 3.05) is 39.8 Å². The van der Waals surface area contributed by atoms with Crippen LogP contribution in [0.25, 0.3) is 0 Å². The van der Waals surface area contributed by atoms with Gasteiger partial charge in [0.1, 0.15) is 12.4 Å². The van der Waals surface area contributed by atoms with Gasteiger partial charge in [0.15, 0.2) is 0 Å². The van der Waals surface area contributed by atoms with Crippen LogP contribution < -0.4 is 0 Å². The van der Waals surface area contributed by atoms with Crippen molar-refractivity contribution in [2.24, 2.45) is 0 Å². The Bertz CT molecular complexity index is 1110. The first-order chi connectivity index (χ1) is 17.0. The van der Waals surface area contributed by atoms with Gasteiger partial charge in [-0.3, -0.25) is 9.69 Å². The number of methoxy groups -OCH3 is 1. The first kappa shape index (κ1) is 24.2. The molecular formula is C29H36N2O4. The first-order valence-corrected chi connectivity index (χ1v) is 12.8. The molecule has 3 atom stereocenters. The summed E-state index contributed by atoms with van der Waals surface area (Å²) in [5.74, 6) is 0.336. The fraction of sp³-hybridized carbons (Fsp3) is 0.517. The van der Waals surface area contributed by atoms with E-state index in [0.29, 0.717) is 18.6 Å².